The molecule has 112 valence electrons. The second-order valence-electron chi connectivity index (χ2n) is 4.71. The van der Waals surface area contributed by atoms with Crippen LogP contribution in [0.25, 0.3) is 0 Å². The molecule has 0 saturated heterocycles. The third-order valence-electron chi connectivity index (χ3n) is 2.86. The molecule has 0 saturated carbocycles. The topological polar surface area (TPSA) is 24.2 Å². The van der Waals surface area contributed by atoms with Gasteiger partial charge in [-0.05, 0) is 18.2 Å². The van der Waals surface area contributed by atoms with Gasteiger partial charge >= 0.3 is 0 Å². The standard InChI is InChI=1S/C15H15Cl2N2O.ClH/c1-18(2)15(20)12-4-3-7-19(10-12)9-11-5-6-13(16)14(17)8-11;/h3-8,10H,9H2,1-2H3;1H/q+1;. The van der Waals surface area contributed by atoms with E-state index in [1.807, 2.05) is 35.2 Å². The lowest BCUT2D eigenvalue weighted by molar-refractivity contribution is -0.688. The molecule has 2 aromatic rings. The number of aromatic nitrogens is 1. The minimum absolute atomic E-state index is 0. The van der Waals surface area contributed by atoms with Crippen molar-refractivity contribution >= 4 is 41.5 Å². The number of hydrogen-bond acceptors (Lipinski definition) is 1. The third kappa shape index (κ3) is 4.60. The highest BCUT2D eigenvalue weighted by Crippen LogP contribution is 2.22. The molecule has 0 atom stereocenters. The first-order valence-corrected chi connectivity index (χ1v) is 6.87. The third-order valence-corrected chi connectivity index (χ3v) is 3.60. The van der Waals surface area contributed by atoms with Gasteiger partial charge in [-0.1, -0.05) is 29.3 Å². The molecule has 0 fully saturated rings. The Kier molecular flexibility index (Phi) is 6.46. The van der Waals surface area contributed by atoms with Crippen LogP contribution >= 0.6 is 35.6 Å². The van der Waals surface area contributed by atoms with Gasteiger partial charge in [0.05, 0.1) is 10.0 Å². The van der Waals surface area contributed by atoms with Crippen LogP contribution in [0.4, 0.5) is 0 Å². The summed E-state index contributed by atoms with van der Waals surface area (Å²) in [6.07, 6.45) is 3.74. The molecule has 1 aromatic carbocycles. The van der Waals surface area contributed by atoms with Gasteiger partial charge in [0, 0.05) is 25.7 Å². The SMILES string of the molecule is CN(C)C(=O)c1ccc[n+](Cc2ccc(Cl)c(Cl)c2)c1.Cl. The lowest BCUT2D eigenvalue weighted by Gasteiger charge is -2.09. The Morgan fingerprint density at radius 1 is 1.19 bits per heavy atom. The van der Waals surface area contributed by atoms with Gasteiger partial charge in [-0.3, -0.25) is 4.79 Å². The first-order valence-electron chi connectivity index (χ1n) is 6.12. The van der Waals surface area contributed by atoms with Gasteiger partial charge in [-0.15, -0.1) is 12.4 Å². The molecule has 1 heterocycles. The lowest BCUT2D eigenvalue weighted by atomic mass is 10.2. The van der Waals surface area contributed by atoms with E-state index < -0.39 is 0 Å². The van der Waals surface area contributed by atoms with E-state index in [1.54, 1.807) is 31.1 Å². The molecule has 1 amide bonds. The zero-order valence-electron chi connectivity index (χ0n) is 11.7. The number of amides is 1. The number of carbonyl (C=O) groups is 1. The van der Waals surface area contributed by atoms with Crippen LogP contribution in [0.1, 0.15) is 15.9 Å². The highest BCUT2D eigenvalue weighted by molar-refractivity contribution is 6.42. The molecule has 3 nitrogen and oxygen atoms in total. The molecule has 0 unspecified atom stereocenters. The average molecular weight is 347 g/mol. The molecule has 2 rings (SSSR count). The average Bonchev–Trinajstić information content (AvgIpc) is 2.42. The summed E-state index contributed by atoms with van der Waals surface area (Å²) in [6, 6.07) is 9.18. The second-order valence-corrected chi connectivity index (χ2v) is 5.53. The van der Waals surface area contributed by atoms with Gasteiger partial charge in [-0.2, -0.15) is 4.57 Å². The molecule has 0 aliphatic carbocycles. The van der Waals surface area contributed by atoms with Crippen molar-refractivity contribution in [3.8, 4) is 0 Å². The molecular weight excluding hydrogens is 331 g/mol. The minimum atomic E-state index is -0.0199. The number of benzene rings is 1. The fourth-order valence-electron chi connectivity index (χ4n) is 1.85. The summed E-state index contributed by atoms with van der Waals surface area (Å²) < 4.78 is 1.94. The monoisotopic (exact) mass is 345 g/mol. The number of halogens is 3. The Bertz CT molecular complexity index is 645. The van der Waals surface area contributed by atoms with Gasteiger partial charge in [0.25, 0.3) is 5.91 Å². The van der Waals surface area contributed by atoms with E-state index in [1.165, 1.54) is 0 Å². The van der Waals surface area contributed by atoms with Crippen molar-refractivity contribution in [3.63, 3.8) is 0 Å². The highest BCUT2D eigenvalue weighted by Gasteiger charge is 2.13. The van der Waals surface area contributed by atoms with Gasteiger partial charge in [-0.25, -0.2) is 0 Å². The summed E-state index contributed by atoms with van der Waals surface area (Å²) in [7, 11) is 3.47. The summed E-state index contributed by atoms with van der Waals surface area (Å²) in [5, 5.41) is 1.07. The maximum Gasteiger partial charge on any atom is 0.259 e. The van der Waals surface area contributed by atoms with Crippen LogP contribution in [-0.2, 0) is 6.54 Å². The number of rotatable bonds is 3. The van der Waals surface area contributed by atoms with Gasteiger partial charge in [0.15, 0.2) is 18.9 Å². The van der Waals surface area contributed by atoms with Crippen molar-refractivity contribution in [2.45, 2.75) is 6.54 Å². The Hall–Kier alpha value is -1.29. The van der Waals surface area contributed by atoms with Crippen molar-refractivity contribution in [2.75, 3.05) is 14.1 Å². The molecule has 0 aliphatic rings. The Balaban J connectivity index is 0.00000220. The van der Waals surface area contributed by atoms with Crippen LogP contribution < -0.4 is 4.57 Å². The van der Waals surface area contributed by atoms with Crippen molar-refractivity contribution in [1.82, 2.24) is 4.90 Å². The van der Waals surface area contributed by atoms with Gasteiger partial charge < -0.3 is 4.90 Å². The van der Waals surface area contributed by atoms with E-state index in [4.69, 9.17) is 23.2 Å². The first-order chi connectivity index (χ1) is 9.47. The van der Waals surface area contributed by atoms with Crippen molar-refractivity contribution in [3.05, 3.63) is 63.9 Å². The summed E-state index contributed by atoms with van der Waals surface area (Å²) in [5.41, 5.74) is 1.68. The van der Waals surface area contributed by atoms with E-state index in [0.717, 1.165) is 5.56 Å². The summed E-state index contributed by atoms with van der Waals surface area (Å²) in [6.45, 7) is 0.630. The molecule has 0 bridgehead atoms. The van der Waals surface area contributed by atoms with Crippen LogP contribution in [-0.4, -0.2) is 24.9 Å². The fraction of sp³-hybridized carbons (Fsp3) is 0.200. The van der Waals surface area contributed by atoms with Crippen LogP contribution in [0.5, 0.6) is 0 Å². The highest BCUT2D eigenvalue weighted by atomic mass is 35.5. The Morgan fingerprint density at radius 3 is 2.52 bits per heavy atom. The smallest absolute Gasteiger partial charge is 0.259 e. The summed E-state index contributed by atoms with van der Waals surface area (Å²) >= 11 is 11.9. The molecule has 0 spiro atoms. The first kappa shape index (κ1) is 17.8. The van der Waals surface area contributed by atoms with Crippen LogP contribution in [0.2, 0.25) is 10.0 Å². The number of nitrogens with zero attached hydrogens (tertiary/aromatic N) is 2. The molecule has 0 radical (unpaired) electrons. The molecule has 0 N–H and O–H groups in total. The predicted octanol–water partition coefficient (Wildman–Crippen LogP) is 3.45. The molecule has 21 heavy (non-hydrogen) atoms. The van der Waals surface area contributed by atoms with Crippen LogP contribution in [0.15, 0.2) is 42.7 Å². The molecule has 0 aliphatic heterocycles. The van der Waals surface area contributed by atoms with Crippen molar-refractivity contribution in [2.24, 2.45) is 0 Å². The zero-order chi connectivity index (χ0) is 14.7. The number of carbonyl (C=O) groups excluding carboxylic acids is 1. The van der Waals surface area contributed by atoms with E-state index in [0.29, 0.717) is 22.2 Å². The lowest BCUT2D eigenvalue weighted by Crippen LogP contribution is -2.35. The van der Waals surface area contributed by atoms with Crippen molar-refractivity contribution < 1.29 is 9.36 Å². The molecule has 1 aromatic heterocycles. The largest absolute Gasteiger partial charge is 0.345 e. The second kappa shape index (κ2) is 7.64. The predicted molar refractivity (Wildman–Crippen MR) is 87.5 cm³/mol. The van der Waals surface area contributed by atoms with E-state index in [2.05, 4.69) is 0 Å². The summed E-state index contributed by atoms with van der Waals surface area (Å²) in [4.78, 5) is 13.5. The van der Waals surface area contributed by atoms with Crippen LogP contribution in [0.3, 0.4) is 0 Å². The normalized spacial score (nSPS) is 9.90. The molecular formula is C15H16Cl3N2O+. The van der Waals surface area contributed by atoms with Crippen LogP contribution in [0, 0.1) is 0 Å². The maximum atomic E-state index is 11.9. The number of pyridine rings is 1. The van der Waals surface area contributed by atoms with Gasteiger partial charge in [0.2, 0.25) is 0 Å². The van der Waals surface area contributed by atoms with E-state index in [-0.39, 0.29) is 18.3 Å². The quantitative estimate of drug-likeness (QED) is 0.781. The fourth-order valence-corrected chi connectivity index (χ4v) is 2.17. The Labute approximate surface area is 140 Å². The van der Waals surface area contributed by atoms with Gasteiger partial charge in [0.1, 0.15) is 5.56 Å². The van der Waals surface area contributed by atoms with E-state index in [9.17, 15) is 4.79 Å². The zero-order valence-corrected chi connectivity index (χ0v) is 14.0. The van der Waals surface area contributed by atoms with Crippen molar-refractivity contribution in [1.29, 1.82) is 0 Å². The number of hydrogen-bond donors (Lipinski definition) is 0. The van der Waals surface area contributed by atoms with E-state index >= 15 is 0 Å². The molecule has 6 heteroatoms. The summed E-state index contributed by atoms with van der Waals surface area (Å²) in [5.74, 6) is -0.0199. The minimum Gasteiger partial charge on any atom is -0.345 e. The maximum absolute atomic E-state index is 11.9. The Morgan fingerprint density at radius 2 is 1.90 bits per heavy atom.